The smallest absolute Gasteiger partial charge is 0.303 e. The second-order valence-electron chi connectivity index (χ2n) is 9.69. The van der Waals surface area contributed by atoms with Gasteiger partial charge in [-0.1, -0.05) is 23.4 Å². The lowest BCUT2D eigenvalue weighted by molar-refractivity contribution is -0.139. The van der Waals surface area contributed by atoms with Crippen LogP contribution >= 0.6 is 11.6 Å². The predicted molar refractivity (Wildman–Crippen MR) is 141 cm³/mol. The summed E-state index contributed by atoms with van der Waals surface area (Å²) in [6.07, 6.45) is 2.20. The van der Waals surface area contributed by atoms with Crippen LogP contribution in [0.5, 0.6) is 5.75 Å². The van der Waals surface area contributed by atoms with Crippen molar-refractivity contribution >= 4 is 28.5 Å². The molecule has 0 unspecified atom stereocenters. The molecule has 0 spiro atoms. The van der Waals surface area contributed by atoms with Gasteiger partial charge in [0.15, 0.2) is 11.6 Å². The number of ether oxygens (including phenoxy) is 1. The van der Waals surface area contributed by atoms with E-state index in [1.165, 1.54) is 6.20 Å². The highest BCUT2D eigenvalue weighted by molar-refractivity contribution is 6.32. The average molecular weight is 561 g/mol. The summed E-state index contributed by atoms with van der Waals surface area (Å²) in [5.74, 6) is 1.33. The third-order valence-corrected chi connectivity index (χ3v) is 7.44. The lowest BCUT2D eigenvalue weighted by atomic mass is 9.79. The van der Waals surface area contributed by atoms with E-state index in [9.17, 15) is 28.2 Å². The molecule has 2 N–H and O–H groups in total. The van der Waals surface area contributed by atoms with Gasteiger partial charge in [-0.3, -0.25) is 14.7 Å². The average Bonchev–Trinajstić information content (AvgIpc) is 2.90. The molecule has 1 aromatic heterocycles. The summed E-state index contributed by atoms with van der Waals surface area (Å²) in [7, 11) is 1.55. The van der Waals surface area contributed by atoms with Gasteiger partial charge in [0.1, 0.15) is 11.6 Å². The zero-order valence-corrected chi connectivity index (χ0v) is 22.0. The molecule has 0 radical (unpaired) electrons. The SMILES string of the molecule is COc1ccc2ncc(Cl)c([C@@H](O)CC[C@@H]3CCN(CC#Cc4cc(F)cc(F)c4F)C[C@@H]3CC(=O)O)c2c1. The number of rotatable bonds is 8. The molecule has 1 saturated heterocycles. The Balaban J connectivity index is 1.43. The summed E-state index contributed by atoms with van der Waals surface area (Å²) >= 11 is 6.43. The third-order valence-electron chi connectivity index (χ3n) is 7.14. The Morgan fingerprint density at radius 3 is 2.79 bits per heavy atom. The fraction of sp³-hybridized carbons (Fsp3) is 0.379. The number of aliphatic carboxylic acids is 1. The first-order chi connectivity index (χ1) is 18.7. The molecule has 206 valence electrons. The van der Waals surface area contributed by atoms with E-state index in [1.54, 1.807) is 25.3 Å². The van der Waals surface area contributed by atoms with Crippen molar-refractivity contribution in [2.45, 2.75) is 31.8 Å². The second kappa shape index (κ2) is 12.7. The molecule has 6 nitrogen and oxygen atoms in total. The molecule has 2 aromatic carbocycles. The fourth-order valence-electron chi connectivity index (χ4n) is 5.18. The van der Waals surface area contributed by atoms with Gasteiger partial charge >= 0.3 is 5.97 Å². The van der Waals surface area contributed by atoms with Gasteiger partial charge in [-0.15, -0.1) is 0 Å². The molecular weight excluding hydrogens is 533 g/mol. The van der Waals surface area contributed by atoms with E-state index >= 15 is 0 Å². The number of hydrogen-bond acceptors (Lipinski definition) is 5. The van der Waals surface area contributed by atoms with Crippen LogP contribution < -0.4 is 4.74 Å². The van der Waals surface area contributed by atoms with Crippen LogP contribution in [0.3, 0.4) is 0 Å². The normalized spacial score (nSPS) is 18.4. The summed E-state index contributed by atoms with van der Waals surface area (Å²) in [5.41, 5.74) is 0.871. The Morgan fingerprint density at radius 2 is 2.05 bits per heavy atom. The number of fused-ring (bicyclic) bond motifs is 1. The number of aliphatic hydroxyl groups is 1. The molecular formula is C29H28ClF3N2O4. The van der Waals surface area contributed by atoms with Crippen molar-refractivity contribution in [2.24, 2.45) is 11.8 Å². The number of likely N-dealkylation sites (tertiary alicyclic amines) is 1. The van der Waals surface area contributed by atoms with Crippen molar-refractivity contribution < 1.29 is 32.9 Å². The maximum atomic E-state index is 13.9. The Labute approximate surface area is 229 Å². The number of hydrogen-bond donors (Lipinski definition) is 2. The number of carboxylic acids is 1. The van der Waals surface area contributed by atoms with E-state index in [1.807, 2.05) is 4.90 Å². The van der Waals surface area contributed by atoms with Crippen molar-refractivity contribution in [2.75, 3.05) is 26.7 Å². The minimum atomic E-state index is -1.30. The summed E-state index contributed by atoms with van der Waals surface area (Å²) in [6, 6.07) is 6.65. The van der Waals surface area contributed by atoms with Gasteiger partial charge in [0.25, 0.3) is 0 Å². The van der Waals surface area contributed by atoms with Gasteiger partial charge in [-0.25, -0.2) is 13.2 Å². The Bertz CT molecular complexity index is 1430. The number of pyridine rings is 1. The van der Waals surface area contributed by atoms with Gasteiger partial charge in [0.2, 0.25) is 0 Å². The maximum Gasteiger partial charge on any atom is 0.303 e. The van der Waals surface area contributed by atoms with Gasteiger partial charge in [0, 0.05) is 36.2 Å². The number of nitrogens with zero attached hydrogens (tertiary/aromatic N) is 2. The lowest BCUT2D eigenvalue weighted by Crippen LogP contribution is -2.41. The van der Waals surface area contributed by atoms with E-state index in [4.69, 9.17) is 16.3 Å². The van der Waals surface area contributed by atoms with E-state index in [0.717, 1.165) is 6.07 Å². The van der Waals surface area contributed by atoms with E-state index in [0.29, 0.717) is 65.7 Å². The van der Waals surface area contributed by atoms with E-state index < -0.39 is 29.5 Å². The number of aliphatic hydroxyl groups excluding tert-OH is 1. The number of methoxy groups -OCH3 is 1. The first-order valence-electron chi connectivity index (χ1n) is 12.5. The molecule has 0 bridgehead atoms. The fourth-order valence-corrected chi connectivity index (χ4v) is 5.46. The molecule has 4 rings (SSSR count). The molecule has 0 saturated carbocycles. The quantitative estimate of drug-likeness (QED) is 0.276. The zero-order chi connectivity index (χ0) is 28.1. The number of piperidine rings is 1. The molecule has 39 heavy (non-hydrogen) atoms. The highest BCUT2D eigenvalue weighted by Crippen LogP contribution is 2.37. The first-order valence-corrected chi connectivity index (χ1v) is 12.9. The molecule has 3 atom stereocenters. The molecule has 3 aromatic rings. The van der Waals surface area contributed by atoms with Crippen LogP contribution in [0.15, 0.2) is 36.5 Å². The van der Waals surface area contributed by atoms with Crippen LogP contribution in [0.4, 0.5) is 13.2 Å². The molecule has 10 heteroatoms. The Kier molecular flexibility index (Phi) is 9.33. The highest BCUT2D eigenvalue weighted by Gasteiger charge is 2.31. The van der Waals surface area contributed by atoms with Crippen LogP contribution in [0, 0.1) is 41.1 Å². The summed E-state index contributed by atoms with van der Waals surface area (Å²) in [4.78, 5) is 17.9. The van der Waals surface area contributed by atoms with Gasteiger partial charge < -0.3 is 14.9 Å². The topological polar surface area (TPSA) is 82.9 Å². The molecule has 1 aliphatic rings. The van der Waals surface area contributed by atoms with Crippen molar-refractivity contribution in [3.63, 3.8) is 0 Å². The molecule has 1 fully saturated rings. The summed E-state index contributed by atoms with van der Waals surface area (Å²) in [6.45, 7) is 1.25. The number of aromatic nitrogens is 1. The molecule has 1 aliphatic heterocycles. The molecule has 0 aliphatic carbocycles. The highest BCUT2D eigenvalue weighted by atomic mass is 35.5. The zero-order valence-electron chi connectivity index (χ0n) is 21.3. The van der Waals surface area contributed by atoms with Crippen LogP contribution in [0.2, 0.25) is 5.02 Å². The van der Waals surface area contributed by atoms with Crippen LogP contribution in [-0.2, 0) is 4.79 Å². The maximum absolute atomic E-state index is 13.9. The number of carbonyl (C=O) groups is 1. The van der Waals surface area contributed by atoms with E-state index in [-0.39, 0.29) is 30.4 Å². The number of benzene rings is 2. The van der Waals surface area contributed by atoms with Gasteiger partial charge in [0.05, 0.1) is 35.9 Å². The van der Waals surface area contributed by atoms with Crippen molar-refractivity contribution in [3.05, 3.63) is 70.1 Å². The number of carboxylic acid groups (broad SMARTS) is 1. The Hall–Kier alpha value is -3.32. The van der Waals surface area contributed by atoms with Crippen molar-refractivity contribution in [1.82, 2.24) is 9.88 Å². The summed E-state index contributed by atoms with van der Waals surface area (Å²) in [5, 5.41) is 21.6. The summed E-state index contributed by atoms with van der Waals surface area (Å²) < 4.78 is 46.0. The lowest BCUT2D eigenvalue weighted by Gasteiger charge is -2.37. The van der Waals surface area contributed by atoms with Gasteiger partial charge in [-0.2, -0.15) is 0 Å². The second-order valence-corrected chi connectivity index (χ2v) is 10.1. The largest absolute Gasteiger partial charge is 0.497 e. The predicted octanol–water partition coefficient (Wildman–Crippen LogP) is 5.59. The van der Waals surface area contributed by atoms with Crippen molar-refractivity contribution in [3.8, 4) is 17.6 Å². The van der Waals surface area contributed by atoms with Gasteiger partial charge in [-0.05, 0) is 61.9 Å². The van der Waals surface area contributed by atoms with Crippen LogP contribution in [-0.4, -0.2) is 52.8 Å². The minimum Gasteiger partial charge on any atom is -0.497 e. The Morgan fingerprint density at radius 1 is 1.26 bits per heavy atom. The van der Waals surface area contributed by atoms with Crippen molar-refractivity contribution in [1.29, 1.82) is 0 Å². The molecule has 2 heterocycles. The minimum absolute atomic E-state index is 0.0381. The van der Waals surface area contributed by atoms with E-state index in [2.05, 4.69) is 16.8 Å². The third kappa shape index (κ3) is 7.01. The number of halogens is 4. The monoisotopic (exact) mass is 560 g/mol. The molecule has 0 amide bonds. The van der Waals surface area contributed by atoms with Crippen LogP contribution in [0.25, 0.3) is 10.9 Å². The first kappa shape index (κ1) is 28.7. The van der Waals surface area contributed by atoms with Crippen LogP contribution in [0.1, 0.15) is 42.9 Å². The standard InChI is InChI=1S/C29H28ClF3N2O4/c1-39-21-5-6-25-22(14-21)28(23(30)15-34-25)26(36)7-4-17-8-10-35(16-19(17)12-27(37)38)9-2-3-18-11-20(31)13-24(32)29(18)33/h5-6,11,13-15,17,19,26,36H,4,7-10,12,16H2,1H3,(H,37,38)/t17-,19+,26+/m1/s1.